The van der Waals surface area contributed by atoms with Crippen molar-refractivity contribution in [3.8, 4) is 0 Å². The van der Waals surface area contributed by atoms with Crippen LogP contribution in [0.5, 0.6) is 0 Å². The van der Waals surface area contributed by atoms with E-state index in [4.69, 9.17) is 0 Å². The first-order valence-corrected chi connectivity index (χ1v) is 6.55. The van der Waals surface area contributed by atoms with Crippen LogP contribution >= 0.6 is 0 Å². The summed E-state index contributed by atoms with van der Waals surface area (Å²) in [4.78, 5) is 13.1. The summed E-state index contributed by atoms with van der Waals surface area (Å²) in [6.45, 7) is 3.16. The van der Waals surface area contributed by atoms with Gasteiger partial charge in [0.15, 0.2) is 0 Å². The molecule has 1 N–H and O–H groups in total. The van der Waals surface area contributed by atoms with E-state index >= 15 is 0 Å². The maximum Gasteiger partial charge on any atom is 0.223 e. The summed E-state index contributed by atoms with van der Waals surface area (Å²) >= 11 is 0. The van der Waals surface area contributed by atoms with Crippen molar-refractivity contribution < 1.29 is 4.79 Å². The summed E-state index contributed by atoms with van der Waals surface area (Å²) in [5.74, 6) is 0.978. The number of carbonyl (C=O) groups excluding carboxylic acids is 1. The molecule has 0 aromatic heterocycles. The Kier molecular flexibility index (Phi) is 5.81. The number of rotatable bonds is 4. The molecule has 3 nitrogen and oxygen atoms in total. The SMILES string of the molecule is CC1CCCCCC1NCCC(=O)N(C)C. The monoisotopic (exact) mass is 226 g/mol. The lowest BCUT2D eigenvalue weighted by Crippen LogP contribution is -2.37. The Bertz CT molecular complexity index is 216. The number of nitrogens with zero attached hydrogens (tertiary/aromatic N) is 1. The highest BCUT2D eigenvalue weighted by Crippen LogP contribution is 2.22. The summed E-state index contributed by atoms with van der Waals surface area (Å²) in [7, 11) is 3.63. The van der Waals surface area contributed by atoms with Crippen molar-refractivity contribution >= 4 is 5.91 Å². The van der Waals surface area contributed by atoms with Crippen molar-refractivity contribution in [2.75, 3.05) is 20.6 Å². The van der Waals surface area contributed by atoms with Gasteiger partial charge in [0, 0.05) is 33.1 Å². The highest BCUT2D eigenvalue weighted by molar-refractivity contribution is 5.75. The Labute approximate surface area is 99.6 Å². The molecular formula is C13H26N2O. The molecule has 1 aliphatic rings. The number of hydrogen-bond acceptors (Lipinski definition) is 2. The highest BCUT2D eigenvalue weighted by atomic mass is 16.2. The van der Waals surface area contributed by atoms with Crippen molar-refractivity contribution in [3.05, 3.63) is 0 Å². The van der Waals surface area contributed by atoms with Gasteiger partial charge in [0.25, 0.3) is 0 Å². The third-order valence-corrected chi connectivity index (χ3v) is 3.61. The largest absolute Gasteiger partial charge is 0.349 e. The van der Waals surface area contributed by atoms with Crippen LogP contribution < -0.4 is 5.32 Å². The van der Waals surface area contributed by atoms with Crippen molar-refractivity contribution in [1.82, 2.24) is 10.2 Å². The van der Waals surface area contributed by atoms with Crippen LogP contribution in [0.3, 0.4) is 0 Å². The summed E-state index contributed by atoms with van der Waals surface area (Å²) in [5.41, 5.74) is 0. The zero-order chi connectivity index (χ0) is 12.0. The van der Waals surface area contributed by atoms with E-state index in [9.17, 15) is 4.79 Å². The van der Waals surface area contributed by atoms with Gasteiger partial charge < -0.3 is 10.2 Å². The zero-order valence-electron chi connectivity index (χ0n) is 11.0. The molecule has 16 heavy (non-hydrogen) atoms. The first-order chi connectivity index (χ1) is 7.61. The molecule has 0 bridgehead atoms. The van der Waals surface area contributed by atoms with Crippen LogP contribution in [-0.2, 0) is 4.79 Å². The van der Waals surface area contributed by atoms with E-state index in [2.05, 4.69) is 12.2 Å². The van der Waals surface area contributed by atoms with E-state index in [0.29, 0.717) is 12.5 Å². The maximum atomic E-state index is 11.4. The molecule has 1 fully saturated rings. The van der Waals surface area contributed by atoms with Gasteiger partial charge in [-0.05, 0) is 18.8 Å². The fraction of sp³-hybridized carbons (Fsp3) is 0.923. The van der Waals surface area contributed by atoms with Gasteiger partial charge in [-0.2, -0.15) is 0 Å². The van der Waals surface area contributed by atoms with E-state index in [0.717, 1.165) is 12.5 Å². The van der Waals surface area contributed by atoms with Crippen LogP contribution in [0.15, 0.2) is 0 Å². The molecule has 0 aromatic rings. The van der Waals surface area contributed by atoms with Gasteiger partial charge in [-0.25, -0.2) is 0 Å². The average molecular weight is 226 g/mol. The minimum absolute atomic E-state index is 0.216. The summed E-state index contributed by atoms with van der Waals surface area (Å²) in [5, 5.41) is 3.55. The summed E-state index contributed by atoms with van der Waals surface area (Å²) < 4.78 is 0. The third-order valence-electron chi connectivity index (χ3n) is 3.61. The topological polar surface area (TPSA) is 32.3 Å². The molecule has 94 valence electrons. The lowest BCUT2D eigenvalue weighted by molar-refractivity contribution is -0.128. The second-order valence-electron chi connectivity index (χ2n) is 5.21. The Balaban J connectivity index is 2.22. The maximum absolute atomic E-state index is 11.4. The van der Waals surface area contributed by atoms with Crippen molar-refractivity contribution in [1.29, 1.82) is 0 Å². The van der Waals surface area contributed by atoms with Crippen molar-refractivity contribution in [3.63, 3.8) is 0 Å². The molecule has 0 spiro atoms. The van der Waals surface area contributed by atoms with Gasteiger partial charge in [-0.1, -0.05) is 26.2 Å². The molecule has 2 unspecified atom stereocenters. The molecule has 0 aliphatic heterocycles. The standard InChI is InChI=1S/C13H26N2O/c1-11-7-5-4-6-8-12(11)14-10-9-13(16)15(2)3/h11-12,14H,4-10H2,1-3H3. The number of amides is 1. The number of hydrogen-bond donors (Lipinski definition) is 1. The molecule has 3 heteroatoms. The highest BCUT2D eigenvalue weighted by Gasteiger charge is 2.19. The first-order valence-electron chi connectivity index (χ1n) is 6.55. The second kappa shape index (κ2) is 6.89. The molecule has 1 amide bonds. The Hall–Kier alpha value is -0.570. The van der Waals surface area contributed by atoms with E-state index in [1.807, 2.05) is 14.1 Å². The number of carbonyl (C=O) groups is 1. The fourth-order valence-electron chi connectivity index (χ4n) is 2.38. The molecule has 1 saturated carbocycles. The van der Waals surface area contributed by atoms with E-state index < -0.39 is 0 Å². The molecule has 1 rings (SSSR count). The van der Waals surface area contributed by atoms with Crippen LogP contribution in [0.25, 0.3) is 0 Å². The van der Waals surface area contributed by atoms with Crippen LogP contribution in [0.1, 0.15) is 45.4 Å². The summed E-state index contributed by atoms with van der Waals surface area (Å²) in [6.07, 6.45) is 7.31. The van der Waals surface area contributed by atoms with Gasteiger partial charge >= 0.3 is 0 Å². The fourth-order valence-corrected chi connectivity index (χ4v) is 2.38. The average Bonchev–Trinajstić information content (AvgIpc) is 2.44. The number of nitrogens with one attached hydrogen (secondary N) is 1. The smallest absolute Gasteiger partial charge is 0.223 e. The molecule has 0 heterocycles. The third kappa shape index (κ3) is 4.52. The molecule has 0 radical (unpaired) electrons. The predicted molar refractivity (Wildman–Crippen MR) is 67.4 cm³/mol. The zero-order valence-corrected chi connectivity index (χ0v) is 11.0. The van der Waals surface area contributed by atoms with Crippen LogP contribution in [-0.4, -0.2) is 37.5 Å². The first kappa shape index (κ1) is 13.5. The molecular weight excluding hydrogens is 200 g/mol. The van der Waals surface area contributed by atoms with E-state index in [-0.39, 0.29) is 5.91 Å². The van der Waals surface area contributed by atoms with Gasteiger partial charge in [-0.3, -0.25) is 4.79 Å². The minimum Gasteiger partial charge on any atom is -0.349 e. The van der Waals surface area contributed by atoms with Crippen LogP contribution in [0.4, 0.5) is 0 Å². The molecule has 1 aliphatic carbocycles. The predicted octanol–water partition coefficient (Wildman–Crippen LogP) is 2.02. The minimum atomic E-state index is 0.216. The summed E-state index contributed by atoms with van der Waals surface area (Å²) in [6, 6.07) is 0.623. The van der Waals surface area contributed by atoms with Crippen LogP contribution in [0.2, 0.25) is 0 Å². The second-order valence-corrected chi connectivity index (χ2v) is 5.21. The normalized spacial score (nSPS) is 26.2. The van der Waals surface area contributed by atoms with Gasteiger partial charge in [0.05, 0.1) is 0 Å². The lowest BCUT2D eigenvalue weighted by atomic mass is 9.97. The van der Waals surface area contributed by atoms with Crippen molar-refractivity contribution in [2.24, 2.45) is 5.92 Å². The van der Waals surface area contributed by atoms with E-state index in [1.54, 1.807) is 4.90 Å². The molecule has 2 atom stereocenters. The Morgan fingerprint density at radius 2 is 1.94 bits per heavy atom. The van der Waals surface area contributed by atoms with Crippen LogP contribution in [0, 0.1) is 5.92 Å². The van der Waals surface area contributed by atoms with Gasteiger partial charge in [0.1, 0.15) is 0 Å². The van der Waals surface area contributed by atoms with E-state index in [1.165, 1.54) is 32.1 Å². The quantitative estimate of drug-likeness (QED) is 0.744. The van der Waals surface area contributed by atoms with Gasteiger partial charge in [0.2, 0.25) is 5.91 Å². The molecule has 0 aromatic carbocycles. The Morgan fingerprint density at radius 3 is 2.62 bits per heavy atom. The van der Waals surface area contributed by atoms with Gasteiger partial charge in [-0.15, -0.1) is 0 Å². The lowest BCUT2D eigenvalue weighted by Gasteiger charge is -2.23. The van der Waals surface area contributed by atoms with Crippen molar-refractivity contribution in [2.45, 2.75) is 51.5 Å². The Morgan fingerprint density at radius 1 is 1.25 bits per heavy atom. The molecule has 0 saturated heterocycles.